The highest BCUT2D eigenvalue weighted by Crippen LogP contribution is 2.66. The number of rotatable bonds is 0. The van der Waals surface area contributed by atoms with Gasteiger partial charge in [0.2, 0.25) is 0 Å². The maximum Gasteiger partial charge on any atom is 0.285 e. The average molecular weight is 265 g/mol. The van der Waals surface area contributed by atoms with Gasteiger partial charge in [0.05, 0.1) is 12.0 Å². The Kier molecular flexibility index (Phi) is 2.14. The van der Waals surface area contributed by atoms with Gasteiger partial charge in [-0.25, -0.2) is 0 Å². The summed E-state index contributed by atoms with van der Waals surface area (Å²) in [6, 6.07) is 0.583. The number of nitrogens with zero attached hydrogens (tertiary/aromatic N) is 2. The summed E-state index contributed by atoms with van der Waals surface area (Å²) in [6.45, 7) is 5.43. The van der Waals surface area contributed by atoms with Crippen molar-refractivity contribution < 1.29 is 14.4 Å². The van der Waals surface area contributed by atoms with Crippen LogP contribution < -0.4 is 0 Å². The van der Waals surface area contributed by atoms with Gasteiger partial charge in [-0.15, -0.1) is 0 Å². The molecule has 0 aromatic carbocycles. The van der Waals surface area contributed by atoms with Gasteiger partial charge in [0.25, 0.3) is 5.91 Å². The van der Waals surface area contributed by atoms with E-state index in [0.29, 0.717) is 30.2 Å². The molecular weight excluding hydrogens is 240 g/mol. The fourth-order valence-corrected chi connectivity index (χ4v) is 6.41. The number of carbonyl (C=O) groups is 1. The van der Waals surface area contributed by atoms with E-state index in [0.717, 1.165) is 17.4 Å². The Morgan fingerprint density at radius 1 is 1.37 bits per heavy atom. The molecule has 7 unspecified atom stereocenters. The quantitative estimate of drug-likeness (QED) is 0.662. The largest absolute Gasteiger partial charge is 0.387 e. The first-order chi connectivity index (χ1) is 8.95. The van der Waals surface area contributed by atoms with Gasteiger partial charge in [0.15, 0.2) is 11.7 Å². The molecule has 0 radical (unpaired) electrons. The van der Waals surface area contributed by atoms with Crippen molar-refractivity contribution in [3.8, 4) is 0 Å². The Hall–Kier alpha value is -0.610. The highest BCUT2D eigenvalue weighted by Gasteiger charge is 2.84. The minimum atomic E-state index is -0.278. The SMILES string of the molecule is CC1CCC2C(C)[N+]34CC(O)CC3C(=O)N(C)C24C1. The molecule has 3 aliphatic heterocycles. The first-order valence-corrected chi connectivity index (χ1v) is 7.78. The maximum atomic E-state index is 12.7. The molecule has 0 aromatic rings. The fraction of sp³-hybridized carbons (Fsp3) is 0.933. The summed E-state index contributed by atoms with van der Waals surface area (Å²) < 4.78 is 0.887. The van der Waals surface area contributed by atoms with Crippen LogP contribution in [0, 0.1) is 11.8 Å². The van der Waals surface area contributed by atoms with Crippen molar-refractivity contribution in [1.82, 2.24) is 4.90 Å². The molecular formula is C15H25N2O2+. The maximum absolute atomic E-state index is 12.7. The van der Waals surface area contributed by atoms with Crippen molar-refractivity contribution in [2.24, 2.45) is 11.8 Å². The van der Waals surface area contributed by atoms with E-state index in [4.69, 9.17) is 0 Å². The highest BCUT2D eigenvalue weighted by molar-refractivity contribution is 5.84. The van der Waals surface area contributed by atoms with Crippen molar-refractivity contribution in [2.75, 3.05) is 13.6 Å². The summed E-state index contributed by atoms with van der Waals surface area (Å²) in [5.74, 6) is 1.64. The number of hydrogen-bond donors (Lipinski definition) is 1. The molecule has 1 aliphatic carbocycles. The van der Waals surface area contributed by atoms with Crippen molar-refractivity contribution >= 4 is 5.91 Å². The van der Waals surface area contributed by atoms with E-state index in [1.54, 1.807) is 0 Å². The molecule has 1 amide bonds. The van der Waals surface area contributed by atoms with Crippen molar-refractivity contribution in [2.45, 2.75) is 63.4 Å². The molecule has 106 valence electrons. The molecule has 0 aromatic heterocycles. The van der Waals surface area contributed by atoms with Gasteiger partial charge >= 0.3 is 0 Å². The lowest BCUT2D eigenvalue weighted by Crippen LogP contribution is -2.86. The summed E-state index contributed by atoms with van der Waals surface area (Å²) >= 11 is 0. The fourth-order valence-electron chi connectivity index (χ4n) is 6.41. The monoisotopic (exact) mass is 265 g/mol. The molecule has 7 atom stereocenters. The normalized spacial score (nSPS) is 59.5. The van der Waals surface area contributed by atoms with E-state index in [1.165, 1.54) is 12.8 Å². The Bertz CT molecular complexity index is 453. The van der Waals surface area contributed by atoms with Crippen molar-refractivity contribution in [3.63, 3.8) is 0 Å². The zero-order valence-corrected chi connectivity index (χ0v) is 12.2. The van der Waals surface area contributed by atoms with Gasteiger partial charge in [0.1, 0.15) is 12.6 Å². The summed E-state index contributed by atoms with van der Waals surface area (Å²) in [5.41, 5.74) is 0.0241. The first kappa shape index (κ1) is 12.2. The third kappa shape index (κ3) is 1.03. The average Bonchev–Trinajstić information content (AvgIpc) is 2.80. The molecule has 0 bridgehead atoms. The van der Waals surface area contributed by atoms with Crippen LogP contribution in [0.1, 0.15) is 39.5 Å². The van der Waals surface area contributed by atoms with Gasteiger partial charge in [-0.3, -0.25) is 14.2 Å². The van der Waals surface area contributed by atoms with E-state index in [1.807, 2.05) is 7.05 Å². The zero-order chi connectivity index (χ0) is 13.6. The number of quaternary nitrogens is 1. The van der Waals surface area contributed by atoms with Crippen molar-refractivity contribution in [1.29, 1.82) is 0 Å². The minimum absolute atomic E-state index is 0.0241. The molecule has 4 aliphatic rings. The number of likely N-dealkylation sites (N-methyl/N-ethyl adjacent to an activating group) is 1. The molecule has 4 fully saturated rings. The zero-order valence-electron chi connectivity index (χ0n) is 12.2. The van der Waals surface area contributed by atoms with E-state index in [2.05, 4.69) is 18.7 Å². The second-order valence-corrected chi connectivity index (χ2v) is 7.53. The summed E-state index contributed by atoms with van der Waals surface area (Å²) in [5, 5.41) is 10.1. The first-order valence-electron chi connectivity index (χ1n) is 7.78. The molecule has 19 heavy (non-hydrogen) atoms. The second kappa shape index (κ2) is 3.34. The van der Waals surface area contributed by atoms with Crippen LogP contribution in [-0.2, 0) is 4.79 Å². The van der Waals surface area contributed by atoms with Gasteiger partial charge in [-0.2, -0.15) is 0 Å². The smallest absolute Gasteiger partial charge is 0.285 e. The molecule has 4 heteroatoms. The Labute approximate surface area is 115 Å². The lowest BCUT2D eigenvalue weighted by atomic mass is 9.61. The number of carbonyl (C=O) groups excluding carboxylic acids is 1. The summed E-state index contributed by atoms with van der Waals surface area (Å²) in [4.78, 5) is 14.8. The third-order valence-corrected chi connectivity index (χ3v) is 7.00. The van der Waals surface area contributed by atoms with Crippen LogP contribution in [0.15, 0.2) is 0 Å². The molecule has 1 saturated carbocycles. The van der Waals surface area contributed by atoms with E-state index in [9.17, 15) is 9.90 Å². The van der Waals surface area contributed by atoms with Crippen LogP contribution >= 0.6 is 0 Å². The van der Waals surface area contributed by atoms with Crippen LogP contribution in [0.3, 0.4) is 0 Å². The molecule has 3 saturated heterocycles. The van der Waals surface area contributed by atoms with Gasteiger partial charge in [-0.1, -0.05) is 6.92 Å². The highest BCUT2D eigenvalue weighted by atomic mass is 16.3. The molecule has 3 heterocycles. The van der Waals surface area contributed by atoms with Gasteiger partial charge in [-0.05, 0) is 25.7 Å². The lowest BCUT2D eigenvalue weighted by molar-refractivity contribution is -1.06. The summed E-state index contributed by atoms with van der Waals surface area (Å²) in [7, 11) is 2.02. The predicted octanol–water partition coefficient (Wildman–Crippen LogP) is 0.943. The molecule has 1 N–H and O–H groups in total. The van der Waals surface area contributed by atoms with Crippen LogP contribution in [-0.4, -0.2) is 57.8 Å². The lowest BCUT2D eigenvalue weighted by Gasteiger charge is -2.69. The standard InChI is InChI=1S/C15H25N2O2/c1-9-4-5-12-10(2)17-8-11(18)6-13(17)14(19)16(3)15(12,17)7-9/h9-13,18H,4-8H2,1-3H3/q+1. The number of aliphatic hydroxyl groups excluding tert-OH is 1. The predicted molar refractivity (Wildman–Crippen MR) is 71.0 cm³/mol. The number of aliphatic hydroxyl groups is 1. The Morgan fingerprint density at radius 3 is 2.84 bits per heavy atom. The summed E-state index contributed by atoms with van der Waals surface area (Å²) in [6.07, 6.45) is 4.08. The topological polar surface area (TPSA) is 40.5 Å². The minimum Gasteiger partial charge on any atom is -0.387 e. The number of hydrogen-bond acceptors (Lipinski definition) is 2. The van der Waals surface area contributed by atoms with Crippen LogP contribution in [0.5, 0.6) is 0 Å². The number of amides is 1. The van der Waals surface area contributed by atoms with Crippen LogP contribution in [0.25, 0.3) is 0 Å². The van der Waals surface area contributed by atoms with E-state index in [-0.39, 0.29) is 17.8 Å². The van der Waals surface area contributed by atoms with E-state index < -0.39 is 0 Å². The molecule has 2 spiro atoms. The van der Waals surface area contributed by atoms with Crippen molar-refractivity contribution in [3.05, 3.63) is 0 Å². The van der Waals surface area contributed by atoms with Gasteiger partial charge in [0, 0.05) is 19.9 Å². The molecule has 4 rings (SSSR count). The van der Waals surface area contributed by atoms with E-state index >= 15 is 0 Å². The Balaban J connectivity index is 1.86. The molecule has 4 nitrogen and oxygen atoms in total. The second-order valence-electron chi connectivity index (χ2n) is 7.53. The Morgan fingerprint density at radius 2 is 2.11 bits per heavy atom. The van der Waals surface area contributed by atoms with Crippen LogP contribution in [0.2, 0.25) is 0 Å². The van der Waals surface area contributed by atoms with Crippen LogP contribution in [0.4, 0.5) is 0 Å². The van der Waals surface area contributed by atoms with Gasteiger partial charge < -0.3 is 5.11 Å². The third-order valence-electron chi connectivity index (χ3n) is 7.00.